The van der Waals surface area contributed by atoms with Crippen LogP contribution in [0.4, 0.5) is 4.79 Å². The van der Waals surface area contributed by atoms with Gasteiger partial charge in [0, 0.05) is 6.04 Å². The molecule has 2 rings (SSSR count). The van der Waals surface area contributed by atoms with E-state index in [1.165, 1.54) is 17.7 Å². The molecule has 0 saturated heterocycles. The Bertz CT molecular complexity index is 615. The van der Waals surface area contributed by atoms with Crippen molar-refractivity contribution >= 4 is 6.09 Å². The molecule has 1 amide bonds. The van der Waals surface area contributed by atoms with Crippen molar-refractivity contribution in [1.29, 1.82) is 0 Å². The van der Waals surface area contributed by atoms with E-state index in [2.05, 4.69) is 18.0 Å². The first kappa shape index (κ1) is 17.1. The second-order valence-electron chi connectivity index (χ2n) is 6.76. The minimum Gasteiger partial charge on any atom is -0.443 e. The van der Waals surface area contributed by atoms with Gasteiger partial charge in [0.1, 0.15) is 5.60 Å². The summed E-state index contributed by atoms with van der Waals surface area (Å²) in [4.78, 5) is 13.9. The third kappa shape index (κ3) is 6.20. The minimum absolute atomic E-state index is 0.398. The number of allylic oxidation sites excluding steroid dienone is 2. The molecule has 0 N–H and O–H groups in total. The number of carbonyl (C=O) groups is 1. The number of ether oxygens (including phenoxy) is 1. The van der Waals surface area contributed by atoms with Crippen LogP contribution in [-0.2, 0) is 11.3 Å². The molecule has 0 heterocycles. The molecule has 1 aliphatic carbocycles. The highest BCUT2D eigenvalue weighted by molar-refractivity contribution is 5.70. The van der Waals surface area contributed by atoms with E-state index in [1.807, 2.05) is 51.1 Å². The predicted octanol–water partition coefficient (Wildman–Crippen LogP) is 4.89. The highest BCUT2D eigenvalue weighted by Crippen LogP contribution is 2.17. The molecule has 0 atom stereocenters. The topological polar surface area (TPSA) is 29.5 Å². The Morgan fingerprint density at radius 1 is 1.22 bits per heavy atom. The van der Waals surface area contributed by atoms with E-state index in [0.717, 1.165) is 24.0 Å². The maximum absolute atomic E-state index is 12.4. The van der Waals surface area contributed by atoms with Crippen molar-refractivity contribution in [3.05, 3.63) is 47.5 Å². The largest absolute Gasteiger partial charge is 0.443 e. The highest BCUT2D eigenvalue weighted by Gasteiger charge is 2.21. The van der Waals surface area contributed by atoms with Crippen molar-refractivity contribution in [3.63, 3.8) is 0 Å². The zero-order valence-corrected chi connectivity index (χ0v) is 14.3. The van der Waals surface area contributed by atoms with Crippen molar-refractivity contribution in [2.75, 3.05) is 0 Å². The van der Waals surface area contributed by atoms with Crippen molar-refractivity contribution in [3.8, 4) is 12.0 Å². The Hall–Kier alpha value is -2.21. The fourth-order valence-corrected chi connectivity index (χ4v) is 2.32. The number of hydrogen-bond acceptors (Lipinski definition) is 2. The van der Waals surface area contributed by atoms with E-state index in [1.54, 1.807) is 0 Å². The third-order valence-electron chi connectivity index (χ3n) is 3.44. The molecular formula is C20H25NO2. The fraction of sp³-hybridized carbons (Fsp3) is 0.450. The predicted molar refractivity (Wildman–Crippen MR) is 92.5 cm³/mol. The van der Waals surface area contributed by atoms with E-state index in [4.69, 9.17) is 4.74 Å². The third-order valence-corrected chi connectivity index (χ3v) is 3.44. The summed E-state index contributed by atoms with van der Waals surface area (Å²) in [6.45, 7) is 6.02. The maximum Gasteiger partial charge on any atom is 0.422 e. The molecule has 1 aliphatic rings. The molecule has 0 spiro atoms. The van der Waals surface area contributed by atoms with Crippen LogP contribution in [0.1, 0.15) is 52.0 Å². The van der Waals surface area contributed by atoms with Gasteiger partial charge in [0.25, 0.3) is 0 Å². The van der Waals surface area contributed by atoms with Gasteiger partial charge < -0.3 is 4.74 Å². The monoisotopic (exact) mass is 311 g/mol. The van der Waals surface area contributed by atoms with Crippen LogP contribution >= 0.6 is 0 Å². The van der Waals surface area contributed by atoms with Crippen molar-refractivity contribution in [2.24, 2.45) is 0 Å². The first-order valence-electron chi connectivity index (χ1n) is 8.19. The summed E-state index contributed by atoms with van der Waals surface area (Å²) in [7, 11) is 0. The number of rotatable bonds is 2. The summed E-state index contributed by atoms with van der Waals surface area (Å²) in [6.07, 6.45) is 6.25. The smallest absolute Gasteiger partial charge is 0.422 e. The van der Waals surface area contributed by atoms with Gasteiger partial charge in [-0.25, -0.2) is 9.69 Å². The molecule has 1 aromatic carbocycles. The SMILES string of the molecule is CC(C)(C)OC(=O)N(C#CC1=CCCCC1)Cc1ccccc1. The first-order chi connectivity index (χ1) is 10.9. The fourth-order valence-electron chi connectivity index (χ4n) is 2.32. The average Bonchev–Trinajstić information content (AvgIpc) is 2.51. The van der Waals surface area contributed by atoms with E-state index in [-0.39, 0.29) is 0 Å². The second-order valence-corrected chi connectivity index (χ2v) is 6.76. The molecule has 0 unspecified atom stereocenters. The lowest BCUT2D eigenvalue weighted by molar-refractivity contribution is 0.0341. The van der Waals surface area contributed by atoms with Crippen LogP contribution in [0.25, 0.3) is 0 Å². The number of amides is 1. The lowest BCUT2D eigenvalue weighted by atomic mass is 10.0. The van der Waals surface area contributed by atoms with Gasteiger partial charge in [0.2, 0.25) is 0 Å². The molecule has 23 heavy (non-hydrogen) atoms. The van der Waals surface area contributed by atoms with Crippen LogP contribution in [0.2, 0.25) is 0 Å². The number of carbonyl (C=O) groups excluding carboxylic acids is 1. The van der Waals surface area contributed by atoms with Gasteiger partial charge in [-0.2, -0.15) is 0 Å². The summed E-state index contributed by atoms with van der Waals surface area (Å²) in [5.41, 5.74) is 1.63. The van der Waals surface area contributed by atoms with E-state index >= 15 is 0 Å². The summed E-state index contributed by atoms with van der Waals surface area (Å²) in [6, 6.07) is 12.8. The Kier molecular flexibility index (Phi) is 5.87. The van der Waals surface area contributed by atoms with Crippen LogP contribution < -0.4 is 0 Å². The van der Waals surface area contributed by atoms with Gasteiger partial charge >= 0.3 is 6.09 Å². The van der Waals surface area contributed by atoms with E-state index in [0.29, 0.717) is 6.54 Å². The maximum atomic E-state index is 12.4. The molecular weight excluding hydrogens is 286 g/mol. The van der Waals surface area contributed by atoms with Crippen LogP contribution in [0.3, 0.4) is 0 Å². The Morgan fingerprint density at radius 3 is 2.57 bits per heavy atom. The molecule has 0 fully saturated rings. The van der Waals surface area contributed by atoms with Crippen LogP contribution in [0.15, 0.2) is 42.0 Å². The lowest BCUT2D eigenvalue weighted by Crippen LogP contribution is -2.33. The van der Waals surface area contributed by atoms with Crippen molar-refractivity contribution < 1.29 is 9.53 Å². The highest BCUT2D eigenvalue weighted by atomic mass is 16.6. The summed E-state index contributed by atoms with van der Waals surface area (Å²) >= 11 is 0. The molecule has 0 saturated carbocycles. The van der Waals surface area contributed by atoms with Gasteiger partial charge in [-0.3, -0.25) is 0 Å². The normalized spacial score (nSPS) is 14.3. The number of benzene rings is 1. The Morgan fingerprint density at radius 2 is 1.96 bits per heavy atom. The quantitative estimate of drug-likeness (QED) is 0.575. The van der Waals surface area contributed by atoms with Gasteiger partial charge in [0.15, 0.2) is 0 Å². The molecule has 0 aromatic heterocycles. The second kappa shape index (κ2) is 7.87. The van der Waals surface area contributed by atoms with Crippen molar-refractivity contribution in [1.82, 2.24) is 4.90 Å². The lowest BCUT2D eigenvalue weighted by Gasteiger charge is -2.24. The molecule has 0 bridgehead atoms. The van der Waals surface area contributed by atoms with E-state index < -0.39 is 11.7 Å². The summed E-state index contributed by atoms with van der Waals surface area (Å²) in [5, 5.41) is 0. The number of nitrogens with zero attached hydrogens (tertiary/aromatic N) is 1. The zero-order chi connectivity index (χ0) is 16.7. The first-order valence-corrected chi connectivity index (χ1v) is 8.19. The van der Waals surface area contributed by atoms with Gasteiger partial charge in [-0.15, -0.1) is 0 Å². The molecule has 1 aromatic rings. The van der Waals surface area contributed by atoms with Crippen LogP contribution in [0.5, 0.6) is 0 Å². The summed E-state index contributed by atoms with van der Waals surface area (Å²) < 4.78 is 5.48. The van der Waals surface area contributed by atoms with Crippen molar-refractivity contribution in [2.45, 2.75) is 58.6 Å². The molecule has 3 nitrogen and oxygen atoms in total. The minimum atomic E-state index is -0.530. The van der Waals surface area contributed by atoms with Crippen LogP contribution in [-0.4, -0.2) is 16.6 Å². The Balaban J connectivity index is 2.15. The van der Waals surface area contributed by atoms with Gasteiger partial charge in [0.05, 0.1) is 6.54 Å². The Labute approximate surface area is 139 Å². The molecule has 122 valence electrons. The average molecular weight is 311 g/mol. The molecule has 0 radical (unpaired) electrons. The molecule has 3 heteroatoms. The van der Waals surface area contributed by atoms with Gasteiger partial charge in [-0.1, -0.05) is 36.4 Å². The standard InChI is InChI=1S/C20H25NO2/c1-20(2,3)23-19(22)21(16-18-12-8-5-9-13-18)15-14-17-10-6-4-7-11-17/h5,8-10,12-13H,4,6-7,11,16H2,1-3H3. The van der Waals surface area contributed by atoms with E-state index in [9.17, 15) is 4.79 Å². The zero-order valence-electron chi connectivity index (χ0n) is 14.3. The molecule has 0 aliphatic heterocycles. The van der Waals surface area contributed by atoms with Gasteiger partial charge in [-0.05, 0) is 63.5 Å². The van der Waals surface area contributed by atoms with Crippen LogP contribution in [0, 0.1) is 12.0 Å². The number of hydrogen-bond donors (Lipinski definition) is 0. The summed E-state index contributed by atoms with van der Waals surface area (Å²) in [5.74, 6) is 3.14.